The van der Waals surface area contributed by atoms with Crippen LogP contribution in [-0.2, 0) is 11.3 Å². The standard InChI is InChI=1S/C20H19N3O4S2/c1-27-16-7-8-18-17(13-16)22(10-11-28-2)20(29-18)21-19(24)9-6-14-4-3-5-15(12-14)23(25)26/h3-9,12-13H,10-11H2,1-2H3. The molecule has 1 heterocycles. The maximum absolute atomic E-state index is 12.4. The summed E-state index contributed by atoms with van der Waals surface area (Å²) in [4.78, 5) is 27.7. The number of fused-ring (bicyclic) bond motifs is 1. The number of carbonyl (C=O) groups is 1. The van der Waals surface area contributed by atoms with Gasteiger partial charge in [0, 0.05) is 36.6 Å². The third kappa shape index (κ3) is 5.12. The number of hydrogen-bond acceptors (Lipinski definition) is 6. The molecule has 0 aliphatic heterocycles. The van der Waals surface area contributed by atoms with Gasteiger partial charge in [-0.25, -0.2) is 0 Å². The first-order valence-electron chi connectivity index (χ1n) is 8.69. The lowest BCUT2D eigenvalue weighted by Gasteiger charge is -2.05. The van der Waals surface area contributed by atoms with Crippen molar-refractivity contribution in [1.82, 2.24) is 4.57 Å². The van der Waals surface area contributed by atoms with E-state index >= 15 is 0 Å². The minimum absolute atomic E-state index is 0.0232. The van der Waals surface area contributed by atoms with E-state index in [2.05, 4.69) is 4.99 Å². The molecule has 7 nitrogen and oxygen atoms in total. The van der Waals surface area contributed by atoms with Gasteiger partial charge in [0.2, 0.25) is 0 Å². The number of nitro groups is 1. The average molecular weight is 430 g/mol. The van der Waals surface area contributed by atoms with Gasteiger partial charge in [-0.05, 0) is 30.0 Å². The van der Waals surface area contributed by atoms with Crippen LogP contribution in [0.3, 0.4) is 0 Å². The summed E-state index contributed by atoms with van der Waals surface area (Å²) in [5, 5.41) is 10.9. The summed E-state index contributed by atoms with van der Waals surface area (Å²) in [6.07, 6.45) is 4.88. The minimum atomic E-state index is -0.469. The van der Waals surface area contributed by atoms with Gasteiger partial charge < -0.3 is 9.30 Å². The van der Waals surface area contributed by atoms with E-state index in [4.69, 9.17) is 4.74 Å². The number of carbonyl (C=O) groups excluding carboxylic acids is 1. The Morgan fingerprint density at radius 3 is 2.90 bits per heavy atom. The highest BCUT2D eigenvalue weighted by Crippen LogP contribution is 2.23. The summed E-state index contributed by atoms with van der Waals surface area (Å²) in [7, 11) is 1.62. The monoisotopic (exact) mass is 429 g/mol. The van der Waals surface area contributed by atoms with E-state index in [1.54, 1.807) is 31.0 Å². The Kier molecular flexibility index (Phi) is 6.84. The van der Waals surface area contributed by atoms with E-state index in [1.807, 2.05) is 29.0 Å². The predicted molar refractivity (Wildman–Crippen MR) is 117 cm³/mol. The summed E-state index contributed by atoms with van der Waals surface area (Å²) in [6, 6.07) is 11.9. The summed E-state index contributed by atoms with van der Waals surface area (Å²) >= 11 is 3.15. The second kappa shape index (κ2) is 9.53. The highest BCUT2D eigenvalue weighted by Gasteiger charge is 2.09. The first kappa shape index (κ1) is 20.8. The number of thioether (sulfide) groups is 1. The summed E-state index contributed by atoms with van der Waals surface area (Å²) in [5.41, 5.74) is 1.52. The third-order valence-corrected chi connectivity index (χ3v) is 5.76. The Labute approximate surface area is 175 Å². The number of hydrogen-bond donors (Lipinski definition) is 0. The van der Waals surface area contributed by atoms with Gasteiger partial charge in [0.25, 0.3) is 11.6 Å². The Hall–Kier alpha value is -2.91. The molecule has 1 amide bonds. The molecule has 0 spiro atoms. The number of nitrogens with zero attached hydrogens (tertiary/aromatic N) is 3. The predicted octanol–water partition coefficient (Wildman–Crippen LogP) is 4.12. The van der Waals surface area contributed by atoms with Crippen LogP contribution in [0.5, 0.6) is 5.75 Å². The number of nitro benzene ring substituents is 1. The second-order valence-electron chi connectivity index (χ2n) is 6.00. The number of benzene rings is 2. The molecule has 0 saturated carbocycles. The van der Waals surface area contributed by atoms with Gasteiger partial charge in [-0.2, -0.15) is 16.8 Å². The molecular weight excluding hydrogens is 410 g/mol. The van der Waals surface area contributed by atoms with E-state index in [9.17, 15) is 14.9 Å². The topological polar surface area (TPSA) is 86.7 Å². The molecule has 0 aliphatic carbocycles. The van der Waals surface area contributed by atoms with Gasteiger partial charge in [0.15, 0.2) is 4.80 Å². The molecule has 3 rings (SSSR count). The maximum Gasteiger partial charge on any atom is 0.272 e. The molecule has 150 valence electrons. The van der Waals surface area contributed by atoms with Gasteiger partial charge in [-0.3, -0.25) is 14.9 Å². The number of amides is 1. The van der Waals surface area contributed by atoms with Gasteiger partial charge in [0.1, 0.15) is 5.75 Å². The molecule has 1 aromatic heterocycles. The number of thiazole rings is 1. The molecular formula is C20H19N3O4S2. The van der Waals surface area contributed by atoms with Crippen LogP contribution in [0.15, 0.2) is 53.5 Å². The molecule has 0 radical (unpaired) electrons. The van der Waals surface area contributed by atoms with Gasteiger partial charge >= 0.3 is 0 Å². The van der Waals surface area contributed by atoms with E-state index in [-0.39, 0.29) is 5.69 Å². The highest BCUT2D eigenvalue weighted by atomic mass is 32.2. The quantitative estimate of drug-likeness (QED) is 0.320. The van der Waals surface area contributed by atoms with E-state index < -0.39 is 10.8 Å². The summed E-state index contributed by atoms with van der Waals surface area (Å²) < 4.78 is 8.34. The minimum Gasteiger partial charge on any atom is -0.497 e. The van der Waals surface area contributed by atoms with Crippen LogP contribution in [0.4, 0.5) is 5.69 Å². The lowest BCUT2D eigenvalue weighted by atomic mass is 10.2. The Morgan fingerprint density at radius 2 is 2.17 bits per heavy atom. The summed E-state index contributed by atoms with van der Waals surface area (Å²) in [5.74, 6) is 1.21. The molecule has 9 heteroatoms. The molecule has 2 aromatic carbocycles. The maximum atomic E-state index is 12.4. The number of methoxy groups -OCH3 is 1. The van der Waals surface area contributed by atoms with Crippen molar-refractivity contribution in [2.75, 3.05) is 19.1 Å². The fourth-order valence-electron chi connectivity index (χ4n) is 2.70. The number of non-ortho nitro benzene ring substituents is 1. The normalized spacial score (nSPS) is 12.0. The molecule has 0 bridgehead atoms. The van der Waals surface area contributed by atoms with E-state index in [0.29, 0.717) is 10.4 Å². The molecule has 3 aromatic rings. The van der Waals surface area contributed by atoms with Crippen molar-refractivity contribution in [2.24, 2.45) is 4.99 Å². The smallest absolute Gasteiger partial charge is 0.272 e. The van der Waals surface area contributed by atoms with Crippen LogP contribution in [-0.4, -0.2) is 34.5 Å². The van der Waals surface area contributed by atoms with Crippen molar-refractivity contribution in [3.63, 3.8) is 0 Å². The molecule has 0 fully saturated rings. The van der Waals surface area contributed by atoms with Crippen LogP contribution in [0, 0.1) is 10.1 Å². The Bertz CT molecular complexity index is 1150. The van der Waals surface area contributed by atoms with Crippen molar-refractivity contribution in [3.8, 4) is 5.75 Å². The molecule has 29 heavy (non-hydrogen) atoms. The zero-order chi connectivity index (χ0) is 20.8. The molecule has 0 saturated heterocycles. The lowest BCUT2D eigenvalue weighted by molar-refractivity contribution is -0.384. The van der Waals surface area contributed by atoms with Crippen molar-refractivity contribution < 1.29 is 14.5 Å². The molecule has 0 atom stereocenters. The summed E-state index contributed by atoms with van der Waals surface area (Å²) in [6.45, 7) is 0.717. The molecule has 0 N–H and O–H groups in total. The number of aryl methyl sites for hydroxylation is 1. The van der Waals surface area contributed by atoms with Gasteiger partial charge in [0.05, 0.1) is 22.2 Å². The second-order valence-corrected chi connectivity index (χ2v) is 7.99. The van der Waals surface area contributed by atoms with Crippen molar-refractivity contribution in [3.05, 3.63) is 69.0 Å². The van der Waals surface area contributed by atoms with E-state index in [1.165, 1.54) is 35.6 Å². The average Bonchev–Trinajstić information content (AvgIpc) is 3.06. The van der Waals surface area contributed by atoms with Crippen LogP contribution in [0.2, 0.25) is 0 Å². The van der Waals surface area contributed by atoms with Crippen LogP contribution >= 0.6 is 23.1 Å². The fraction of sp³-hybridized carbons (Fsp3) is 0.200. The number of ether oxygens (including phenoxy) is 1. The fourth-order valence-corrected chi connectivity index (χ4v) is 4.11. The van der Waals surface area contributed by atoms with Crippen molar-refractivity contribution >= 4 is 51.0 Å². The SMILES string of the molecule is COc1ccc2sc(=NC(=O)C=Cc3cccc([N+](=O)[O-])c3)n(CCSC)c2c1. The Morgan fingerprint density at radius 1 is 1.34 bits per heavy atom. The first-order chi connectivity index (χ1) is 14.0. The molecule has 0 unspecified atom stereocenters. The van der Waals surface area contributed by atoms with Crippen molar-refractivity contribution in [2.45, 2.75) is 6.54 Å². The highest BCUT2D eigenvalue weighted by molar-refractivity contribution is 7.98. The van der Waals surface area contributed by atoms with Crippen LogP contribution in [0.25, 0.3) is 16.3 Å². The molecule has 0 aliphatic rings. The zero-order valence-electron chi connectivity index (χ0n) is 15.9. The first-order valence-corrected chi connectivity index (χ1v) is 10.9. The van der Waals surface area contributed by atoms with Crippen LogP contribution in [0.1, 0.15) is 5.56 Å². The Balaban J connectivity index is 1.94. The largest absolute Gasteiger partial charge is 0.497 e. The number of rotatable bonds is 7. The van der Waals surface area contributed by atoms with Crippen LogP contribution < -0.4 is 9.54 Å². The van der Waals surface area contributed by atoms with E-state index in [0.717, 1.165) is 28.3 Å². The number of aromatic nitrogens is 1. The van der Waals surface area contributed by atoms with Gasteiger partial charge in [-0.15, -0.1) is 0 Å². The van der Waals surface area contributed by atoms with Gasteiger partial charge in [-0.1, -0.05) is 23.5 Å². The lowest BCUT2D eigenvalue weighted by Crippen LogP contribution is -2.17. The zero-order valence-corrected chi connectivity index (χ0v) is 17.5. The van der Waals surface area contributed by atoms with Crippen molar-refractivity contribution in [1.29, 1.82) is 0 Å². The third-order valence-electron chi connectivity index (χ3n) is 4.11.